The summed E-state index contributed by atoms with van der Waals surface area (Å²) in [7, 11) is -4.36. The minimum absolute atomic E-state index is 0.271. The van der Waals surface area contributed by atoms with Crippen LogP contribution in [0.2, 0.25) is 0 Å². The second kappa shape index (κ2) is 5.60. The van der Waals surface area contributed by atoms with Crippen molar-refractivity contribution >= 4 is 16.1 Å². The zero-order valence-corrected chi connectivity index (χ0v) is 10.8. The van der Waals surface area contributed by atoms with E-state index in [-0.39, 0.29) is 5.92 Å². The van der Waals surface area contributed by atoms with Gasteiger partial charge in [-0.25, -0.2) is 8.42 Å². The Bertz CT molecular complexity index is 336. The Morgan fingerprint density at radius 1 is 1.50 bits per heavy atom. The second-order valence-corrected chi connectivity index (χ2v) is 5.82. The third kappa shape index (κ3) is 6.76. The quantitative estimate of drug-likeness (QED) is 0.543. The minimum Gasteiger partial charge on any atom is -0.748 e. The van der Waals surface area contributed by atoms with Crippen LogP contribution < -0.4 is 5.48 Å². The van der Waals surface area contributed by atoms with E-state index in [1.807, 2.05) is 6.92 Å². The zero-order chi connectivity index (χ0) is 13.0. The monoisotopic (exact) mass is 252 g/mol. The topological polar surface area (TPSA) is 95.5 Å². The largest absolute Gasteiger partial charge is 0.748 e. The summed E-state index contributed by atoms with van der Waals surface area (Å²) in [5.74, 6) is -1.39. The lowest BCUT2D eigenvalue weighted by molar-refractivity contribution is -0.159. The number of nitrogens with one attached hydrogen (secondary N) is 1. The van der Waals surface area contributed by atoms with Crippen LogP contribution in [-0.2, 0) is 19.8 Å². The van der Waals surface area contributed by atoms with Gasteiger partial charge < -0.3 is 9.39 Å². The predicted octanol–water partition coefficient (Wildman–Crippen LogP) is 0.404. The highest BCUT2D eigenvalue weighted by atomic mass is 32.2. The van der Waals surface area contributed by atoms with Crippen molar-refractivity contribution in [2.75, 3.05) is 5.75 Å². The van der Waals surface area contributed by atoms with Crippen molar-refractivity contribution < 1.29 is 22.6 Å². The van der Waals surface area contributed by atoms with E-state index in [1.54, 1.807) is 6.92 Å². The zero-order valence-electron chi connectivity index (χ0n) is 9.94. The van der Waals surface area contributed by atoms with Gasteiger partial charge in [0, 0.05) is 0 Å². The third-order valence-corrected chi connectivity index (χ3v) is 3.06. The molecule has 0 aliphatic heterocycles. The van der Waals surface area contributed by atoms with Crippen LogP contribution in [0.5, 0.6) is 0 Å². The van der Waals surface area contributed by atoms with Gasteiger partial charge in [-0.3, -0.25) is 4.79 Å². The molecule has 0 spiro atoms. The van der Waals surface area contributed by atoms with Gasteiger partial charge in [0.05, 0.1) is 27.3 Å². The fourth-order valence-corrected chi connectivity index (χ4v) is 1.87. The summed E-state index contributed by atoms with van der Waals surface area (Å²) in [6.45, 7) is 6.46. The van der Waals surface area contributed by atoms with Crippen LogP contribution >= 0.6 is 0 Å². The molecule has 1 atom stereocenters. The molecule has 0 heterocycles. The first-order chi connectivity index (χ1) is 7.07. The van der Waals surface area contributed by atoms with Crippen LogP contribution in [0.1, 0.15) is 34.1 Å². The Balaban J connectivity index is 4.24. The van der Waals surface area contributed by atoms with Gasteiger partial charge in [0.25, 0.3) is 0 Å². The summed E-state index contributed by atoms with van der Waals surface area (Å²) >= 11 is 0. The lowest BCUT2D eigenvalue weighted by Gasteiger charge is -2.26. The van der Waals surface area contributed by atoms with Crippen molar-refractivity contribution in [2.45, 2.75) is 39.7 Å². The molecule has 0 saturated carbocycles. The molecular formula is C9H18NO5S-. The number of carbonyl (C=O) groups excluding carboxylic acids is 1. The third-order valence-electron chi connectivity index (χ3n) is 1.98. The molecule has 0 aliphatic rings. The maximum Gasteiger partial charge on any atom is 0.327 e. The maximum absolute atomic E-state index is 11.3. The molecule has 0 saturated heterocycles. The standard InChI is InChI=1S/C9H19NO5S/c1-5-7(2)8(11)15-10-9(3,4)6-16(12,13)14/h7,10H,5-6H2,1-4H3,(H,12,13,14)/p-1. The van der Waals surface area contributed by atoms with E-state index in [4.69, 9.17) is 4.84 Å². The van der Waals surface area contributed by atoms with Crippen LogP contribution in [0.15, 0.2) is 0 Å². The van der Waals surface area contributed by atoms with Gasteiger partial charge in [0.2, 0.25) is 0 Å². The van der Waals surface area contributed by atoms with Gasteiger partial charge in [-0.1, -0.05) is 13.8 Å². The molecule has 1 unspecified atom stereocenters. The van der Waals surface area contributed by atoms with Crippen molar-refractivity contribution in [1.82, 2.24) is 5.48 Å². The number of rotatable bonds is 6. The summed E-state index contributed by atoms with van der Waals surface area (Å²) in [5, 5.41) is 0. The summed E-state index contributed by atoms with van der Waals surface area (Å²) in [6, 6.07) is 0. The number of hydrogen-bond donors (Lipinski definition) is 1. The van der Waals surface area contributed by atoms with Gasteiger partial charge in [-0.05, 0) is 20.3 Å². The number of hydroxylamine groups is 1. The lowest BCUT2D eigenvalue weighted by atomic mass is 10.1. The molecule has 96 valence electrons. The molecule has 0 amide bonds. The van der Waals surface area contributed by atoms with Crippen molar-refractivity contribution in [3.63, 3.8) is 0 Å². The lowest BCUT2D eigenvalue weighted by Crippen LogP contribution is -2.46. The Labute approximate surface area is 96.1 Å². The second-order valence-electron chi connectivity index (χ2n) is 4.42. The van der Waals surface area contributed by atoms with Crippen LogP contribution in [-0.4, -0.2) is 30.2 Å². The van der Waals surface area contributed by atoms with E-state index in [0.717, 1.165) is 0 Å². The fraction of sp³-hybridized carbons (Fsp3) is 0.889. The maximum atomic E-state index is 11.3. The van der Waals surface area contributed by atoms with Gasteiger partial charge in [-0.2, -0.15) is 0 Å². The summed E-state index contributed by atoms with van der Waals surface area (Å²) in [6.07, 6.45) is 0.626. The predicted molar refractivity (Wildman–Crippen MR) is 57.3 cm³/mol. The SMILES string of the molecule is CCC(C)C(=O)ONC(C)(C)CS(=O)(=O)[O-]. The van der Waals surface area contributed by atoms with Crippen LogP contribution in [0.4, 0.5) is 0 Å². The van der Waals surface area contributed by atoms with Crippen molar-refractivity contribution in [2.24, 2.45) is 5.92 Å². The van der Waals surface area contributed by atoms with E-state index in [9.17, 15) is 17.8 Å². The Hall–Kier alpha value is -0.660. The molecule has 0 fully saturated rings. The first kappa shape index (κ1) is 15.3. The first-order valence-corrected chi connectivity index (χ1v) is 6.56. The number of carbonyl (C=O) groups is 1. The molecule has 1 N–H and O–H groups in total. The van der Waals surface area contributed by atoms with E-state index >= 15 is 0 Å². The van der Waals surface area contributed by atoms with E-state index in [2.05, 4.69) is 5.48 Å². The fourth-order valence-electron chi connectivity index (χ4n) is 0.927. The van der Waals surface area contributed by atoms with E-state index < -0.39 is 27.4 Å². The molecule has 0 aromatic heterocycles. The average Bonchev–Trinajstić information content (AvgIpc) is 2.09. The Morgan fingerprint density at radius 2 is 2.00 bits per heavy atom. The van der Waals surface area contributed by atoms with Crippen molar-refractivity contribution in [3.8, 4) is 0 Å². The minimum atomic E-state index is -4.36. The molecule has 0 aliphatic carbocycles. The molecule has 0 rings (SSSR count). The number of hydrogen-bond acceptors (Lipinski definition) is 6. The highest BCUT2D eigenvalue weighted by Gasteiger charge is 2.24. The molecule has 7 heteroatoms. The Kier molecular flexibility index (Phi) is 5.37. The summed E-state index contributed by atoms with van der Waals surface area (Å²) < 4.78 is 31.6. The average molecular weight is 252 g/mol. The van der Waals surface area contributed by atoms with Gasteiger partial charge in [-0.15, -0.1) is 5.48 Å². The van der Waals surface area contributed by atoms with Crippen LogP contribution in [0, 0.1) is 5.92 Å². The van der Waals surface area contributed by atoms with Gasteiger partial charge in [0.1, 0.15) is 0 Å². The first-order valence-electron chi connectivity index (χ1n) is 4.99. The van der Waals surface area contributed by atoms with E-state index in [0.29, 0.717) is 6.42 Å². The highest BCUT2D eigenvalue weighted by Crippen LogP contribution is 2.08. The molecule has 0 bridgehead atoms. The van der Waals surface area contributed by atoms with Crippen LogP contribution in [0.3, 0.4) is 0 Å². The molecule has 16 heavy (non-hydrogen) atoms. The summed E-state index contributed by atoms with van der Waals surface area (Å²) in [5.41, 5.74) is 1.21. The normalized spacial score (nSPS) is 14.6. The van der Waals surface area contributed by atoms with Gasteiger partial charge >= 0.3 is 5.97 Å². The molecule has 6 nitrogen and oxygen atoms in total. The molecule has 0 aromatic rings. The molecule has 0 aromatic carbocycles. The Morgan fingerprint density at radius 3 is 2.38 bits per heavy atom. The summed E-state index contributed by atoms with van der Waals surface area (Å²) in [4.78, 5) is 16.0. The van der Waals surface area contributed by atoms with Crippen molar-refractivity contribution in [3.05, 3.63) is 0 Å². The van der Waals surface area contributed by atoms with Crippen molar-refractivity contribution in [1.29, 1.82) is 0 Å². The van der Waals surface area contributed by atoms with Crippen LogP contribution in [0.25, 0.3) is 0 Å². The highest BCUT2D eigenvalue weighted by molar-refractivity contribution is 7.85. The van der Waals surface area contributed by atoms with E-state index in [1.165, 1.54) is 13.8 Å². The molecule has 0 radical (unpaired) electrons. The van der Waals surface area contributed by atoms with Gasteiger partial charge in [0.15, 0.2) is 0 Å². The smallest absolute Gasteiger partial charge is 0.327 e. The molecular weight excluding hydrogens is 234 g/mol.